The average molecular weight is 285 g/mol. The van der Waals surface area contributed by atoms with Crippen LogP contribution in [0.4, 0.5) is 0 Å². The van der Waals surface area contributed by atoms with Gasteiger partial charge in [-0.3, -0.25) is 19.4 Å². The van der Waals surface area contributed by atoms with Crippen molar-refractivity contribution in [2.45, 2.75) is 12.8 Å². The van der Waals surface area contributed by atoms with Crippen LogP contribution in [0.3, 0.4) is 0 Å². The van der Waals surface area contributed by atoms with Crippen LogP contribution in [-0.4, -0.2) is 22.5 Å². The largest absolute Gasteiger partial charge is 0.320 e. The first-order valence-corrected chi connectivity index (χ1v) is 6.81. The van der Waals surface area contributed by atoms with Gasteiger partial charge in [0.15, 0.2) is 0 Å². The molecule has 0 atom stereocenters. The molecule has 2 aromatic heterocycles. The van der Waals surface area contributed by atoms with Gasteiger partial charge in [-0.05, 0) is 43.0 Å². The molecule has 1 aliphatic rings. The molecule has 21 heavy (non-hydrogen) atoms. The van der Waals surface area contributed by atoms with E-state index in [1.807, 2.05) is 6.07 Å². The Morgan fingerprint density at radius 2 is 2.19 bits per heavy atom. The molecule has 3 rings (SSSR count). The smallest absolute Gasteiger partial charge is 0.280 e. The van der Waals surface area contributed by atoms with Gasteiger partial charge in [-0.1, -0.05) is 6.07 Å². The molecule has 0 unspecified atom stereocenters. The molecule has 2 N–H and O–H groups in total. The second-order valence-electron chi connectivity index (χ2n) is 5.02. The van der Waals surface area contributed by atoms with Crippen LogP contribution >= 0.6 is 0 Å². The fourth-order valence-corrected chi connectivity index (χ4v) is 1.89. The number of nitrogens with one attached hydrogen (secondary N) is 2. The third kappa shape index (κ3) is 3.35. The topological polar surface area (TPSA) is 84.1 Å². The zero-order valence-electron chi connectivity index (χ0n) is 11.3. The normalized spacial score (nSPS) is 13.9. The van der Waals surface area contributed by atoms with Crippen molar-refractivity contribution < 1.29 is 9.63 Å². The first kappa shape index (κ1) is 13.5. The van der Waals surface area contributed by atoms with E-state index in [1.54, 1.807) is 24.4 Å². The van der Waals surface area contributed by atoms with Crippen LogP contribution in [0.5, 0.6) is 0 Å². The molecular formula is C15H15N3O3. The molecule has 0 bridgehead atoms. The molecule has 6 heteroatoms. The monoisotopic (exact) mass is 285 g/mol. The Morgan fingerprint density at radius 3 is 2.86 bits per heavy atom. The van der Waals surface area contributed by atoms with E-state index in [2.05, 4.69) is 15.4 Å². The van der Waals surface area contributed by atoms with Crippen LogP contribution in [0.2, 0.25) is 0 Å². The van der Waals surface area contributed by atoms with E-state index in [9.17, 15) is 9.59 Å². The Labute approximate surface area is 121 Å². The number of carbonyl (C=O) groups is 1. The highest BCUT2D eigenvalue weighted by Crippen LogP contribution is 2.28. The van der Waals surface area contributed by atoms with Crippen LogP contribution in [0.1, 0.15) is 23.2 Å². The molecule has 1 saturated carbocycles. The van der Waals surface area contributed by atoms with Crippen LogP contribution in [-0.2, 0) is 4.84 Å². The minimum atomic E-state index is -0.538. The molecule has 1 aliphatic carbocycles. The Bertz CT molecular complexity index is 693. The number of nitrogens with zero attached hydrogens (tertiary/aromatic N) is 1. The summed E-state index contributed by atoms with van der Waals surface area (Å²) in [5, 5.41) is 0. The van der Waals surface area contributed by atoms with Gasteiger partial charge in [0.2, 0.25) is 0 Å². The Morgan fingerprint density at radius 1 is 1.33 bits per heavy atom. The Kier molecular flexibility index (Phi) is 3.79. The number of pyridine rings is 2. The van der Waals surface area contributed by atoms with Gasteiger partial charge >= 0.3 is 0 Å². The first-order chi connectivity index (χ1) is 10.2. The van der Waals surface area contributed by atoms with E-state index >= 15 is 0 Å². The second kappa shape index (κ2) is 5.88. The molecule has 2 heterocycles. The maximum Gasteiger partial charge on any atom is 0.280 e. The second-order valence-corrected chi connectivity index (χ2v) is 5.02. The molecule has 6 nitrogen and oxygen atoms in total. The number of H-pyrrole nitrogens is 1. The van der Waals surface area contributed by atoms with Crippen LogP contribution in [0.25, 0.3) is 11.4 Å². The Hall–Kier alpha value is -2.47. The van der Waals surface area contributed by atoms with Crippen molar-refractivity contribution in [2.75, 3.05) is 6.61 Å². The van der Waals surface area contributed by atoms with Crippen molar-refractivity contribution in [3.05, 3.63) is 52.4 Å². The van der Waals surface area contributed by atoms with E-state index in [0.717, 1.165) is 12.8 Å². The average Bonchev–Trinajstić information content (AvgIpc) is 3.32. The SMILES string of the molecule is O=C(NOCC1CC1)c1ccc(-c2ccccn2)[nH]c1=O. The third-order valence-corrected chi connectivity index (χ3v) is 3.28. The predicted octanol–water partition coefficient (Wildman–Crippen LogP) is 1.51. The number of hydrogen-bond donors (Lipinski definition) is 2. The van der Waals surface area contributed by atoms with Crippen molar-refractivity contribution in [2.24, 2.45) is 5.92 Å². The molecular weight excluding hydrogens is 270 g/mol. The first-order valence-electron chi connectivity index (χ1n) is 6.81. The van der Waals surface area contributed by atoms with Gasteiger partial charge in [0.05, 0.1) is 18.0 Å². The van der Waals surface area contributed by atoms with E-state index in [4.69, 9.17) is 4.84 Å². The van der Waals surface area contributed by atoms with Gasteiger partial charge in [-0.2, -0.15) is 0 Å². The minimum Gasteiger partial charge on any atom is -0.320 e. The number of hydroxylamine groups is 1. The van der Waals surface area contributed by atoms with Crippen LogP contribution in [0.15, 0.2) is 41.3 Å². The van der Waals surface area contributed by atoms with Gasteiger partial charge in [0.1, 0.15) is 5.56 Å². The number of amides is 1. The Balaban J connectivity index is 1.71. The van der Waals surface area contributed by atoms with Crippen molar-refractivity contribution in [3.63, 3.8) is 0 Å². The zero-order valence-corrected chi connectivity index (χ0v) is 11.3. The van der Waals surface area contributed by atoms with Gasteiger partial charge < -0.3 is 4.98 Å². The maximum atomic E-state index is 12.0. The molecule has 0 spiro atoms. The number of aromatic nitrogens is 2. The highest BCUT2D eigenvalue weighted by Gasteiger charge is 2.22. The molecule has 0 aromatic carbocycles. The van der Waals surface area contributed by atoms with Gasteiger partial charge in [0, 0.05) is 6.20 Å². The molecule has 2 aromatic rings. The lowest BCUT2D eigenvalue weighted by molar-refractivity contribution is 0.0269. The summed E-state index contributed by atoms with van der Waals surface area (Å²) >= 11 is 0. The lowest BCUT2D eigenvalue weighted by Crippen LogP contribution is -2.30. The number of carbonyl (C=O) groups excluding carboxylic acids is 1. The number of hydrogen-bond acceptors (Lipinski definition) is 4. The lowest BCUT2D eigenvalue weighted by atomic mass is 10.2. The quantitative estimate of drug-likeness (QED) is 0.816. The zero-order chi connectivity index (χ0) is 14.7. The van der Waals surface area contributed by atoms with Crippen molar-refractivity contribution in [1.82, 2.24) is 15.4 Å². The minimum absolute atomic E-state index is 0.0190. The summed E-state index contributed by atoms with van der Waals surface area (Å²) in [5.74, 6) is -0.000383. The van der Waals surface area contributed by atoms with Crippen molar-refractivity contribution >= 4 is 5.91 Å². The molecule has 108 valence electrons. The molecule has 0 saturated heterocycles. The predicted molar refractivity (Wildman–Crippen MR) is 76.4 cm³/mol. The van der Waals surface area contributed by atoms with Crippen molar-refractivity contribution in [3.8, 4) is 11.4 Å². The standard InChI is InChI=1S/C15H15N3O3/c19-14-11(15(20)18-21-9-10-4-5-10)6-7-13(17-14)12-3-1-2-8-16-12/h1-3,6-8,10H,4-5,9H2,(H,17,19)(H,18,20). The van der Waals surface area contributed by atoms with Crippen molar-refractivity contribution in [1.29, 1.82) is 0 Å². The molecule has 0 radical (unpaired) electrons. The summed E-state index contributed by atoms with van der Waals surface area (Å²) in [4.78, 5) is 35.7. The fraction of sp³-hybridized carbons (Fsp3) is 0.267. The summed E-state index contributed by atoms with van der Waals surface area (Å²) in [6, 6.07) is 8.52. The van der Waals surface area contributed by atoms with Gasteiger partial charge in [-0.15, -0.1) is 0 Å². The van der Waals surface area contributed by atoms with E-state index in [1.165, 1.54) is 6.07 Å². The van der Waals surface area contributed by atoms with Crippen LogP contribution < -0.4 is 11.0 Å². The van der Waals surface area contributed by atoms with Gasteiger partial charge in [-0.25, -0.2) is 5.48 Å². The summed E-state index contributed by atoms with van der Waals surface area (Å²) < 4.78 is 0. The fourth-order valence-electron chi connectivity index (χ4n) is 1.89. The van der Waals surface area contributed by atoms with E-state index in [-0.39, 0.29) is 5.56 Å². The molecule has 0 aliphatic heterocycles. The van der Waals surface area contributed by atoms with Gasteiger partial charge in [0.25, 0.3) is 11.5 Å². The molecule has 1 amide bonds. The molecule has 1 fully saturated rings. The lowest BCUT2D eigenvalue weighted by Gasteiger charge is -2.05. The van der Waals surface area contributed by atoms with E-state index < -0.39 is 11.5 Å². The highest BCUT2D eigenvalue weighted by atomic mass is 16.7. The number of aromatic amines is 1. The number of rotatable bonds is 5. The highest BCUT2D eigenvalue weighted by molar-refractivity contribution is 5.93. The maximum absolute atomic E-state index is 12.0. The summed E-state index contributed by atoms with van der Waals surface area (Å²) in [5.41, 5.74) is 3.06. The summed E-state index contributed by atoms with van der Waals surface area (Å²) in [6.45, 7) is 0.496. The van der Waals surface area contributed by atoms with Crippen LogP contribution in [0, 0.1) is 5.92 Å². The van der Waals surface area contributed by atoms with E-state index in [0.29, 0.717) is 23.9 Å². The summed E-state index contributed by atoms with van der Waals surface area (Å²) in [6.07, 6.45) is 3.91. The summed E-state index contributed by atoms with van der Waals surface area (Å²) in [7, 11) is 0. The third-order valence-electron chi connectivity index (χ3n) is 3.28.